The quantitative estimate of drug-likeness (QED) is 0.260. The molecule has 0 radical (unpaired) electrons. The van der Waals surface area contributed by atoms with E-state index in [2.05, 4.69) is 19.2 Å². The van der Waals surface area contributed by atoms with Gasteiger partial charge in [-0.15, -0.1) is 0 Å². The van der Waals surface area contributed by atoms with Gasteiger partial charge in [0.25, 0.3) is 5.56 Å². The van der Waals surface area contributed by atoms with E-state index in [-0.39, 0.29) is 24.1 Å². The van der Waals surface area contributed by atoms with Crippen molar-refractivity contribution in [3.63, 3.8) is 0 Å². The number of aliphatic hydroxyl groups is 1. The number of aryl methyl sites for hydroxylation is 1. The largest absolute Gasteiger partial charge is 0.458 e. The molecule has 200 valence electrons. The van der Waals surface area contributed by atoms with Crippen LogP contribution in [-0.4, -0.2) is 33.3 Å². The Morgan fingerprint density at radius 2 is 1.85 bits per heavy atom. The fourth-order valence-corrected chi connectivity index (χ4v) is 8.26. The predicted molar refractivity (Wildman–Crippen MR) is 151 cm³/mol. The van der Waals surface area contributed by atoms with Crippen molar-refractivity contribution in [1.29, 1.82) is 0 Å². The van der Waals surface area contributed by atoms with Crippen LogP contribution in [0.1, 0.15) is 35.6 Å². The van der Waals surface area contributed by atoms with Crippen LogP contribution >= 0.6 is 0 Å². The van der Waals surface area contributed by atoms with E-state index >= 15 is 0 Å². The highest BCUT2D eigenvalue weighted by molar-refractivity contribution is 6.76. The second-order valence-electron chi connectivity index (χ2n) is 11.4. The Morgan fingerprint density at radius 3 is 2.62 bits per heavy atom. The van der Waals surface area contributed by atoms with Gasteiger partial charge in [0.05, 0.1) is 37.1 Å². The summed E-state index contributed by atoms with van der Waals surface area (Å²) < 4.78 is 8.71. The zero-order valence-electron chi connectivity index (χ0n) is 22.4. The van der Waals surface area contributed by atoms with Gasteiger partial charge in [0.1, 0.15) is 6.61 Å². The number of carbonyl (C=O) groups excluding carboxylic acids is 1. The molecule has 2 aliphatic heterocycles. The van der Waals surface area contributed by atoms with E-state index in [0.717, 1.165) is 46.4 Å². The lowest BCUT2D eigenvalue weighted by molar-refractivity contribution is -0.172. The Hall–Kier alpha value is -3.82. The lowest BCUT2D eigenvalue weighted by Gasteiger charge is -2.31. The molecular formula is C30H31N3O5Si. The highest BCUT2D eigenvalue weighted by Crippen LogP contribution is 2.40. The van der Waals surface area contributed by atoms with E-state index in [1.807, 2.05) is 30.5 Å². The van der Waals surface area contributed by atoms with Gasteiger partial charge < -0.3 is 19.0 Å². The molecule has 1 atom stereocenters. The van der Waals surface area contributed by atoms with E-state index in [1.54, 1.807) is 34.3 Å². The minimum Gasteiger partial charge on any atom is -0.458 e. The molecule has 5 heterocycles. The molecule has 39 heavy (non-hydrogen) atoms. The molecule has 6 rings (SSSR count). The lowest BCUT2D eigenvalue weighted by atomic mass is 9.86. The van der Waals surface area contributed by atoms with E-state index in [1.165, 1.54) is 0 Å². The monoisotopic (exact) mass is 541 g/mol. The summed E-state index contributed by atoms with van der Waals surface area (Å²) in [4.78, 5) is 43.5. The van der Waals surface area contributed by atoms with Gasteiger partial charge in [-0.2, -0.15) is 0 Å². The number of rotatable bonds is 6. The van der Waals surface area contributed by atoms with Gasteiger partial charge in [-0.3, -0.25) is 9.59 Å². The molecule has 0 saturated carbocycles. The smallest absolute Gasteiger partial charge is 0.343 e. The molecule has 2 aliphatic rings. The Bertz CT molecular complexity index is 1770. The number of fused-ring (bicyclic) bond motifs is 5. The number of para-hydroxylation sites is 1. The molecule has 0 aliphatic carbocycles. The summed E-state index contributed by atoms with van der Waals surface area (Å²) in [7, 11) is -1.84. The fourth-order valence-electron chi connectivity index (χ4n) is 5.99. The molecule has 1 aromatic carbocycles. The average Bonchev–Trinajstić information content (AvgIpc) is 3.29. The van der Waals surface area contributed by atoms with Gasteiger partial charge in [-0.1, -0.05) is 50.3 Å². The van der Waals surface area contributed by atoms with Crippen molar-refractivity contribution >= 4 is 24.9 Å². The van der Waals surface area contributed by atoms with Gasteiger partial charge in [-0.25, -0.2) is 9.78 Å². The van der Waals surface area contributed by atoms with Gasteiger partial charge in [-0.05, 0) is 36.6 Å². The Kier molecular flexibility index (Phi) is 5.96. The van der Waals surface area contributed by atoms with Gasteiger partial charge in [0.15, 0.2) is 5.60 Å². The minimum absolute atomic E-state index is 0.0154. The molecule has 0 amide bonds. The first-order chi connectivity index (χ1) is 18.6. The Labute approximate surface area is 226 Å². The van der Waals surface area contributed by atoms with Crippen LogP contribution < -0.4 is 11.1 Å². The Balaban J connectivity index is 1.45. The van der Waals surface area contributed by atoms with Gasteiger partial charge in [0, 0.05) is 34.9 Å². The number of pyridine rings is 3. The first kappa shape index (κ1) is 25.5. The van der Waals surface area contributed by atoms with Crippen LogP contribution in [0.25, 0.3) is 22.3 Å². The predicted octanol–water partition coefficient (Wildman–Crippen LogP) is 3.73. The number of aromatic nitrogens is 3. The summed E-state index contributed by atoms with van der Waals surface area (Å²) >= 11 is 0. The van der Waals surface area contributed by atoms with Crippen molar-refractivity contribution in [1.82, 2.24) is 14.1 Å². The van der Waals surface area contributed by atoms with E-state index in [0.29, 0.717) is 23.4 Å². The second kappa shape index (κ2) is 9.13. The molecule has 3 aromatic heterocycles. The number of ether oxygens (including phenoxy) is 1. The zero-order chi connectivity index (χ0) is 27.5. The number of benzene rings is 1. The third-order valence-corrected chi connectivity index (χ3v) is 11.1. The second-order valence-corrected chi connectivity index (χ2v) is 16.5. The molecule has 0 fully saturated rings. The van der Waals surface area contributed by atoms with Crippen LogP contribution in [0.4, 0.5) is 0 Å². The number of hydrogen-bond donors (Lipinski definition) is 1. The topological polar surface area (TPSA) is 103 Å². The van der Waals surface area contributed by atoms with Crippen molar-refractivity contribution in [3.8, 4) is 11.4 Å². The average molecular weight is 542 g/mol. The molecular weight excluding hydrogens is 510 g/mol. The van der Waals surface area contributed by atoms with Crippen molar-refractivity contribution in [2.45, 2.75) is 63.8 Å². The minimum atomic E-state index is -1.85. The van der Waals surface area contributed by atoms with Crippen LogP contribution in [0.15, 0.2) is 64.3 Å². The molecule has 0 saturated heterocycles. The van der Waals surface area contributed by atoms with Crippen LogP contribution in [0, 0.1) is 0 Å². The third kappa shape index (κ3) is 4.08. The summed E-state index contributed by atoms with van der Waals surface area (Å²) in [5.41, 5.74) is 2.90. The van der Waals surface area contributed by atoms with Crippen molar-refractivity contribution in [2.75, 3.05) is 0 Å². The first-order valence-corrected chi connectivity index (χ1v) is 16.8. The van der Waals surface area contributed by atoms with Crippen molar-refractivity contribution in [2.24, 2.45) is 0 Å². The molecule has 0 spiro atoms. The van der Waals surface area contributed by atoms with Crippen LogP contribution in [0.5, 0.6) is 0 Å². The molecule has 4 aromatic rings. The normalized spacial score (nSPS) is 18.0. The maximum atomic E-state index is 13.6. The maximum Gasteiger partial charge on any atom is 0.343 e. The van der Waals surface area contributed by atoms with Gasteiger partial charge >= 0.3 is 5.97 Å². The maximum absolute atomic E-state index is 13.6. The summed E-state index contributed by atoms with van der Waals surface area (Å²) in [6, 6.07) is 16.0. The number of nitrogens with zero attached hydrogens (tertiary/aromatic N) is 3. The van der Waals surface area contributed by atoms with Crippen LogP contribution in [0.3, 0.4) is 0 Å². The van der Waals surface area contributed by atoms with Crippen molar-refractivity contribution in [3.05, 3.63) is 97.7 Å². The van der Waals surface area contributed by atoms with Crippen LogP contribution in [0.2, 0.25) is 19.1 Å². The fraction of sp³-hybridized carbons (Fsp3) is 0.333. The first-order valence-electron chi connectivity index (χ1n) is 13.4. The Morgan fingerprint density at radius 1 is 1.08 bits per heavy atom. The van der Waals surface area contributed by atoms with Crippen LogP contribution in [-0.2, 0) is 40.9 Å². The van der Waals surface area contributed by atoms with E-state index in [9.17, 15) is 19.5 Å². The SMILES string of the molecule is CC[C@@]1(O)C(=O)OCc2c1cc1n(c2=O)Cc2c-1nc1ccccc1c2CC[Si](C)(C)Cn1ccccc1=O. The molecule has 0 unspecified atom stereocenters. The number of esters is 1. The highest BCUT2D eigenvalue weighted by Gasteiger charge is 2.45. The summed E-state index contributed by atoms with van der Waals surface area (Å²) in [5, 5.41) is 12.2. The number of cyclic esters (lactones) is 1. The summed E-state index contributed by atoms with van der Waals surface area (Å²) in [6.07, 6.45) is 3.49. The number of carbonyl (C=O) groups is 1. The van der Waals surface area contributed by atoms with E-state index in [4.69, 9.17) is 9.72 Å². The molecule has 9 heteroatoms. The number of hydrogen-bond acceptors (Lipinski definition) is 6. The third-order valence-electron chi connectivity index (χ3n) is 8.26. The summed E-state index contributed by atoms with van der Waals surface area (Å²) in [6.45, 7) is 6.53. The molecule has 0 bridgehead atoms. The zero-order valence-corrected chi connectivity index (χ0v) is 23.4. The highest BCUT2D eigenvalue weighted by atomic mass is 28.3. The van der Waals surface area contributed by atoms with Crippen molar-refractivity contribution < 1.29 is 14.6 Å². The van der Waals surface area contributed by atoms with E-state index < -0.39 is 19.6 Å². The molecule has 8 nitrogen and oxygen atoms in total. The lowest BCUT2D eigenvalue weighted by Crippen LogP contribution is -2.44. The molecule has 1 N–H and O–H groups in total. The standard InChI is InChI=1S/C30H31N3O5Si/c1-4-30(37)23-15-25-27-21(16-33(25)28(35)22(23)17-38-29(30)36)19(20-9-5-6-10-24(20)31-27)12-14-39(2,3)18-32-13-8-7-11-26(32)34/h5-11,13,15,37H,4,12,14,16-18H2,1-3H3/t30-/m0/s1. The summed E-state index contributed by atoms with van der Waals surface area (Å²) in [5.74, 6) is -0.725. The van der Waals surface area contributed by atoms with Gasteiger partial charge in [0.2, 0.25) is 5.56 Å².